The second kappa shape index (κ2) is 3.89. The lowest BCUT2D eigenvalue weighted by molar-refractivity contribution is 0.164. The summed E-state index contributed by atoms with van der Waals surface area (Å²) < 4.78 is 23.5. The zero-order valence-electron chi connectivity index (χ0n) is 7.68. The van der Waals surface area contributed by atoms with Crippen molar-refractivity contribution in [3.8, 4) is 0 Å². The van der Waals surface area contributed by atoms with Crippen LogP contribution in [0.2, 0.25) is 0 Å². The van der Waals surface area contributed by atoms with Crippen LogP contribution in [0.25, 0.3) is 0 Å². The van der Waals surface area contributed by atoms with Gasteiger partial charge in [-0.25, -0.2) is 5.14 Å². The van der Waals surface area contributed by atoms with E-state index in [9.17, 15) is 8.42 Å². The molecular formula is C6H16N4O2S. The Hall–Kier alpha value is -0.210. The number of piperazine rings is 1. The SMILES string of the molecule is CN1CCN(S(N)(=O)=O)C(CN)C1. The maximum Gasteiger partial charge on any atom is 0.277 e. The molecule has 4 N–H and O–H groups in total. The standard InChI is InChI=1S/C6H16N4O2S/c1-9-2-3-10(13(8,11)12)6(4-7)5-9/h6H,2-5,7H2,1H3,(H2,8,11,12). The fourth-order valence-electron chi connectivity index (χ4n) is 1.52. The molecular weight excluding hydrogens is 192 g/mol. The molecule has 1 rings (SSSR count). The average Bonchev–Trinajstić information content (AvgIpc) is 2.01. The highest BCUT2D eigenvalue weighted by Gasteiger charge is 2.30. The van der Waals surface area contributed by atoms with Crippen molar-refractivity contribution in [2.24, 2.45) is 10.9 Å². The predicted octanol–water partition coefficient (Wildman–Crippen LogP) is -2.24. The highest BCUT2D eigenvalue weighted by atomic mass is 32.2. The van der Waals surface area contributed by atoms with Gasteiger partial charge in [0.1, 0.15) is 0 Å². The van der Waals surface area contributed by atoms with Gasteiger partial charge in [0.25, 0.3) is 10.2 Å². The third kappa shape index (κ3) is 2.61. The Kier molecular flexibility index (Phi) is 3.25. The first-order chi connectivity index (χ1) is 5.95. The molecule has 1 aliphatic heterocycles. The summed E-state index contributed by atoms with van der Waals surface area (Å²) >= 11 is 0. The van der Waals surface area contributed by atoms with Crippen LogP contribution < -0.4 is 10.9 Å². The van der Waals surface area contributed by atoms with Crippen molar-refractivity contribution in [2.45, 2.75) is 6.04 Å². The van der Waals surface area contributed by atoms with Crippen molar-refractivity contribution in [3.63, 3.8) is 0 Å². The molecule has 7 heteroatoms. The predicted molar refractivity (Wildman–Crippen MR) is 50.2 cm³/mol. The van der Waals surface area contributed by atoms with Crippen LogP contribution in [0, 0.1) is 0 Å². The smallest absolute Gasteiger partial charge is 0.277 e. The number of rotatable bonds is 2. The molecule has 13 heavy (non-hydrogen) atoms. The van der Waals surface area contributed by atoms with Gasteiger partial charge >= 0.3 is 0 Å². The molecule has 0 amide bonds. The largest absolute Gasteiger partial charge is 0.329 e. The lowest BCUT2D eigenvalue weighted by atomic mass is 10.2. The van der Waals surface area contributed by atoms with E-state index in [1.165, 1.54) is 4.31 Å². The van der Waals surface area contributed by atoms with Crippen molar-refractivity contribution in [1.82, 2.24) is 9.21 Å². The minimum Gasteiger partial charge on any atom is -0.329 e. The second-order valence-corrected chi connectivity index (χ2v) is 4.81. The molecule has 0 aliphatic carbocycles. The summed E-state index contributed by atoms with van der Waals surface area (Å²) in [4.78, 5) is 2.04. The third-order valence-corrected chi connectivity index (χ3v) is 3.37. The first-order valence-electron chi connectivity index (χ1n) is 4.13. The van der Waals surface area contributed by atoms with Crippen molar-refractivity contribution >= 4 is 10.2 Å². The summed E-state index contributed by atoms with van der Waals surface area (Å²) in [5.41, 5.74) is 5.46. The molecule has 78 valence electrons. The summed E-state index contributed by atoms with van der Waals surface area (Å²) in [5.74, 6) is 0. The van der Waals surface area contributed by atoms with Crippen molar-refractivity contribution in [2.75, 3.05) is 33.2 Å². The van der Waals surface area contributed by atoms with Crippen LogP contribution in [0.1, 0.15) is 0 Å². The first-order valence-corrected chi connectivity index (χ1v) is 5.63. The molecule has 1 unspecified atom stereocenters. The van der Waals surface area contributed by atoms with Crippen LogP contribution in [-0.2, 0) is 10.2 Å². The summed E-state index contributed by atoms with van der Waals surface area (Å²) in [6.45, 7) is 2.08. The summed E-state index contributed by atoms with van der Waals surface area (Å²) in [5, 5.41) is 5.05. The van der Waals surface area contributed by atoms with Crippen LogP contribution in [0.15, 0.2) is 0 Å². The number of nitrogens with two attached hydrogens (primary N) is 2. The fourth-order valence-corrected chi connectivity index (χ4v) is 2.43. The van der Waals surface area contributed by atoms with Crippen LogP contribution >= 0.6 is 0 Å². The maximum atomic E-state index is 11.1. The van der Waals surface area contributed by atoms with Crippen molar-refractivity contribution in [3.05, 3.63) is 0 Å². The Labute approximate surface area is 78.7 Å². The number of hydrogen-bond donors (Lipinski definition) is 2. The maximum absolute atomic E-state index is 11.1. The highest BCUT2D eigenvalue weighted by Crippen LogP contribution is 2.09. The van der Waals surface area contributed by atoms with E-state index < -0.39 is 10.2 Å². The molecule has 0 aromatic carbocycles. The Morgan fingerprint density at radius 3 is 2.54 bits per heavy atom. The molecule has 6 nitrogen and oxygen atoms in total. The van der Waals surface area contributed by atoms with E-state index in [1.54, 1.807) is 0 Å². The molecule has 0 aromatic rings. The molecule has 0 saturated carbocycles. The van der Waals surface area contributed by atoms with Gasteiger partial charge in [-0.3, -0.25) is 0 Å². The first kappa shape index (κ1) is 10.9. The van der Waals surface area contributed by atoms with Crippen molar-refractivity contribution < 1.29 is 8.42 Å². The van der Waals surface area contributed by atoms with E-state index in [0.717, 1.165) is 0 Å². The molecule has 0 radical (unpaired) electrons. The average molecular weight is 208 g/mol. The number of nitrogens with zero attached hydrogens (tertiary/aromatic N) is 2. The van der Waals surface area contributed by atoms with Gasteiger partial charge < -0.3 is 10.6 Å². The summed E-state index contributed by atoms with van der Waals surface area (Å²) in [7, 11) is -1.65. The minimum absolute atomic E-state index is 0.186. The highest BCUT2D eigenvalue weighted by molar-refractivity contribution is 7.86. The van der Waals surface area contributed by atoms with E-state index in [4.69, 9.17) is 10.9 Å². The Bertz CT molecular complexity index is 266. The van der Waals surface area contributed by atoms with E-state index in [2.05, 4.69) is 0 Å². The third-order valence-electron chi connectivity index (χ3n) is 2.23. The molecule has 1 heterocycles. The van der Waals surface area contributed by atoms with Gasteiger partial charge in [-0.1, -0.05) is 0 Å². The topological polar surface area (TPSA) is 92.7 Å². The molecule has 1 fully saturated rings. The molecule has 0 aromatic heterocycles. The summed E-state index contributed by atoms with van der Waals surface area (Å²) in [6, 6.07) is -0.186. The van der Waals surface area contributed by atoms with Crippen LogP contribution in [-0.4, -0.2) is 56.9 Å². The van der Waals surface area contributed by atoms with Crippen molar-refractivity contribution in [1.29, 1.82) is 0 Å². The van der Waals surface area contributed by atoms with E-state index in [1.807, 2.05) is 11.9 Å². The molecule has 0 spiro atoms. The van der Waals surface area contributed by atoms with Gasteiger partial charge in [0, 0.05) is 26.2 Å². The summed E-state index contributed by atoms with van der Waals surface area (Å²) in [6.07, 6.45) is 0. The lowest BCUT2D eigenvalue weighted by Crippen LogP contribution is -2.58. The monoisotopic (exact) mass is 208 g/mol. The minimum atomic E-state index is -3.58. The van der Waals surface area contributed by atoms with Crippen LogP contribution in [0.3, 0.4) is 0 Å². The fraction of sp³-hybridized carbons (Fsp3) is 1.00. The Morgan fingerprint density at radius 1 is 1.46 bits per heavy atom. The molecule has 1 saturated heterocycles. The van der Waals surface area contributed by atoms with Gasteiger partial charge in [0.15, 0.2) is 0 Å². The van der Waals surface area contributed by atoms with Crippen LogP contribution in [0.5, 0.6) is 0 Å². The van der Waals surface area contributed by atoms with Gasteiger partial charge in [-0.15, -0.1) is 0 Å². The van der Waals surface area contributed by atoms with Gasteiger partial charge in [0.2, 0.25) is 0 Å². The normalized spacial score (nSPS) is 27.8. The molecule has 1 aliphatic rings. The Balaban J connectivity index is 2.74. The zero-order chi connectivity index (χ0) is 10.1. The van der Waals surface area contributed by atoms with E-state index >= 15 is 0 Å². The molecule has 0 bridgehead atoms. The van der Waals surface area contributed by atoms with Gasteiger partial charge in [-0.05, 0) is 7.05 Å². The zero-order valence-corrected chi connectivity index (χ0v) is 8.50. The van der Waals surface area contributed by atoms with Gasteiger partial charge in [-0.2, -0.15) is 12.7 Å². The van der Waals surface area contributed by atoms with Gasteiger partial charge in [0.05, 0.1) is 6.04 Å². The second-order valence-electron chi connectivity index (χ2n) is 3.31. The number of hydrogen-bond acceptors (Lipinski definition) is 4. The van der Waals surface area contributed by atoms with E-state index in [0.29, 0.717) is 26.2 Å². The number of likely N-dealkylation sites (N-methyl/N-ethyl adjacent to an activating group) is 1. The van der Waals surface area contributed by atoms with Crippen LogP contribution in [0.4, 0.5) is 0 Å². The molecule has 1 atom stereocenters. The quantitative estimate of drug-likeness (QED) is 0.537. The Morgan fingerprint density at radius 2 is 2.08 bits per heavy atom. The van der Waals surface area contributed by atoms with E-state index in [-0.39, 0.29) is 6.04 Å². The lowest BCUT2D eigenvalue weighted by Gasteiger charge is -2.37.